The third-order valence-electron chi connectivity index (χ3n) is 4.91. The van der Waals surface area contributed by atoms with Crippen molar-refractivity contribution in [3.63, 3.8) is 0 Å². The Morgan fingerprint density at radius 1 is 1.00 bits per heavy atom. The second kappa shape index (κ2) is 10.3. The number of fused-ring (bicyclic) bond motifs is 1. The Hall–Kier alpha value is -2.53. The molecule has 0 bridgehead atoms. The molecule has 0 aliphatic carbocycles. The number of rotatable bonds is 8. The van der Waals surface area contributed by atoms with Crippen LogP contribution in [0, 0.1) is 5.92 Å². The first kappa shape index (κ1) is 21.2. The summed E-state index contributed by atoms with van der Waals surface area (Å²) in [6.45, 7) is 9.49. The first-order valence-corrected chi connectivity index (χ1v) is 10.5. The van der Waals surface area contributed by atoms with Gasteiger partial charge < -0.3 is 19.7 Å². The van der Waals surface area contributed by atoms with Crippen molar-refractivity contribution in [2.24, 2.45) is 5.92 Å². The number of hydrogen-bond donors (Lipinski definition) is 1. The van der Waals surface area contributed by atoms with Crippen LogP contribution in [0.5, 0.6) is 11.5 Å². The van der Waals surface area contributed by atoms with Gasteiger partial charge in [0.1, 0.15) is 0 Å². The van der Waals surface area contributed by atoms with Crippen LogP contribution >= 0.6 is 0 Å². The highest BCUT2D eigenvalue weighted by molar-refractivity contribution is 5.81. The SMILES string of the molecule is CC(C)CN(Cc1ccc2c(c1)OCCCO2)C(=O)[C@H](C)NCc1ccccc1. The molecule has 0 saturated carbocycles. The molecule has 0 aromatic heterocycles. The Bertz CT molecular complexity index is 792. The monoisotopic (exact) mass is 396 g/mol. The molecule has 2 aromatic carbocycles. The van der Waals surface area contributed by atoms with Crippen LogP contribution in [0.3, 0.4) is 0 Å². The Balaban J connectivity index is 1.66. The van der Waals surface area contributed by atoms with Crippen molar-refractivity contribution >= 4 is 5.91 Å². The zero-order valence-electron chi connectivity index (χ0n) is 17.7. The highest BCUT2D eigenvalue weighted by Gasteiger charge is 2.22. The summed E-state index contributed by atoms with van der Waals surface area (Å²) in [6.07, 6.45) is 0.882. The van der Waals surface area contributed by atoms with Crippen LogP contribution in [-0.2, 0) is 17.9 Å². The van der Waals surface area contributed by atoms with E-state index in [1.165, 1.54) is 5.56 Å². The second-order valence-corrected chi connectivity index (χ2v) is 8.03. The fourth-order valence-electron chi connectivity index (χ4n) is 3.43. The Morgan fingerprint density at radius 3 is 2.45 bits per heavy atom. The van der Waals surface area contributed by atoms with Gasteiger partial charge >= 0.3 is 0 Å². The summed E-state index contributed by atoms with van der Waals surface area (Å²) >= 11 is 0. The third-order valence-corrected chi connectivity index (χ3v) is 4.91. The molecule has 2 aromatic rings. The van der Waals surface area contributed by atoms with Gasteiger partial charge in [0.15, 0.2) is 11.5 Å². The molecule has 1 amide bonds. The Kier molecular flexibility index (Phi) is 7.53. The van der Waals surface area contributed by atoms with Gasteiger partial charge in [0.2, 0.25) is 5.91 Å². The van der Waals surface area contributed by atoms with Crippen LogP contribution < -0.4 is 14.8 Å². The lowest BCUT2D eigenvalue weighted by molar-refractivity contribution is -0.134. The molecule has 0 spiro atoms. The molecule has 1 heterocycles. The van der Waals surface area contributed by atoms with Gasteiger partial charge in [0, 0.05) is 26.1 Å². The fourth-order valence-corrected chi connectivity index (χ4v) is 3.43. The van der Waals surface area contributed by atoms with E-state index >= 15 is 0 Å². The van der Waals surface area contributed by atoms with Crippen LogP contribution in [0.1, 0.15) is 38.3 Å². The van der Waals surface area contributed by atoms with Crippen LogP contribution in [0.4, 0.5) is 0 Å². The summed E-state index contributed by atoms with van der Waals surface area (Å²) < 4.78 is 11.5. The Morgan fingerprint density at radius 2 is 1.72 bits per heavy atom. The molecule has 0 unspecified atom stereocenters. The van der Waals surface area contributed by atoms with E-state index in [4.69, 9.17) is 9.47 Å². The lowest BCUT2D eigenvalue weighted by Crippen LogP contribution is -2.45. The van der Waals surface area contributed by atoms with E-state index in [9.17, 15) is 4.79 Å². The van der Waals surface area contributed by atoms with Crippen molar-refractivity contribution in [1.82, 2.24) is 10.2 Å². The summed E-state index contributed by atoms with van der Waals surface area (Å²) in [6, 6.07) is 15.9. The van der Waals surface area contributed by atoms with Crippen molar-refractivity contribution in [2.75, 3.05) is 19.8 Å². The Labute approximate surface area is 174 Å². The first-order chi connectivity index (χ1) is 14.0. The summed E-state index contributed by atoms with van der Waals surface area (Å²) in [5, 5.41) is 3.36. The topological polar surface area (TPSA) is 50.8 Å². The summed E-state index contributed by atoms with van der Waals surface area (Å²) in [5.74, 6) is 2.06. The lowest BCUT2D eigenvalue weighted by atomic mass is 10.1. The van der Waals surface area contributed by atoms with Crippen LogP contribution in [0.2, 0.25) is 0 Å². The smallest absolute Gasteiger partial charge is 0.239 e. The predicted octanol–water partition coefficient (Wildman–Crippen LogP) is 4.01. The largest absolute Gasteiger partial charge is 0.490 e. The molecule has 1 aliphatic rings. The maximum Gasteiger partial charge on any atom is 0.239 e. The van der Waals surface area contributed by atoms with E-state index < -0.39 is 0 Å². The van der Waals surface area contributed by atoms with Crippen molar-refractivity contribution in [3.8, 4) is 11.5 Å². The molecule has 5 nitrogen and oxygen atoms in total. The summed E-state index contributed by atoms with van der Waals surface area (Å²) in [4.78, 5) is 15.1. The van der Waals surface area contributed by atoms with Crippen LogP contribution in [0.15, 0.2) is 48.5 Å². The molecular formula is C24H32N2O3. The zero-order chi connectivity index (χ0) is 20.6. The first-order valence-electron chi connectivity index (χ1n) is 10.5. The van der Waals surface area contributed by atoms with Gasteiger partial charge in [0.25, 0.3) is 0 Å². The zero-order valence-corrected chi connectivity index (χ0v) is 17.7. The van der Waals surface area contributed by atoms with Gasteiger partial charge in [-0.25, -0.2) is 0 Å². The van der Waals surface area contributed by atoms with Gasteiger partial charge in [-0.1, -0.05) is 50.2 Å². The maximum atomic E-state index is 13.2. The van der Waals surface area contributed by atoms with E-state index in [0.29, 0.717) is 38.8 Å². The third kappa shape index (κ3) is 6.23. The average Bonchev–Trinajstić information content (AvgIpc) is 2.96. The average molecular weight is 397 g/mol. The van der Waals surface area contributed by atoms with E-state index in [0.717, 1.165) is 23.5 Å². The van der Waals surface area contributed by atoms with Crippen LogP contribution in [0.25, 0.3) is 0 Å². The van der Waals surface area contributed by atoms with Crippen LogP contribution in [-0.4, -0.2) is 36.6 Å². The summed E-state index contributed by atoms with van der Waals surface area (Å²) in [5.41, 5.74) is 2.23. The van der Waals surface area contributed by atoms with E-state index in [1.54, 1.807) is 0 Å². The molecule has 3 rings (SSSR count). The van der Waals surface area contributed by atoms with Gasteiger partial charge in [-0.3, -0.25) is 4.79 Å². The molecule has 0 fully saturated rings. The highest BCUT2D eigenvalue weighted by atomic mass is 16.5. The predicted molar refractivity (Wildman–Crippen MR) is 115 cm³/mol. The van der Waals surface area contributed by atoms with Crippen molar-refractivity contribution < 1.29 is 14.3 Å². The minimum absolute atomic E-state index is 0.113. The molecule has 1 aliphatic heterocycles. The summed E-state index contributed by atoms with van der Waals surface area (Å²) in [7, 11) is 0. The minimum Gasteiger partial charge on any atom is -0.490 e. The normalized spacial score (nSPS) is 14.3. The number of amides is 1. The van der Waals surface area contributed by atoms with Gasteiger partial charge in [-0.15, -0.1) is 0 Å². The lowest BCUT2D eigenvalue weighted by Gasteiger charge is -2.28. The van der Waals surface area contributed by atoms with Crippen molar-refractivity contribution in [1.29, 1.82) is 0 Å². The molecule has 1 N–H and O–H groups in total. The standard InChI is InChI=1S/C24H32N2O3/c1-18(2)16-26(24(27)19(3)25-15-20-8-5-4-6-9-20)17-21-10-11-22-23(14-21)29-13-7-12-28-22/h4-6,8-11,14,18-19,25H,7,12-13,15-17H2,1-3H3/t19-/m0/s1. The number of benzene rings is 2. The number of hydrogen-bond acceptors (Lipinski definition) is 4. The van der Waals surface area contributed by atoms with Gasteiger partial charge in [0.05, 0.1) is 19.3 Å². The molecule has 1 atom stereocenters. The highest BCUT2D eigenvalue weighted by Crippen LogP contribution is 2.31. The molecule has 29 heavy (non-hydrogen) atoms. The van der Waals surface area contributed by atoms with E-state index in [-0.39, 0.29) is 11.9 Å². The number of ether oxygens (including phenoxy) is 2. The molecule has 0 saturated heterocycles. The molecule has 156 valence electrons. The van der Waals surface area contributed by atoms with Crippen molar-refractivity contribution in [3.05, 3.63) is 59.7 Å². The quantitative estimate of drug-likeness (QED) is 0.732. The second-order valence-electron chi connectivity index (χ2n) is 8.03. The maximum absolute atomic E-state index is 13.2. The van der Waals surface area contributed by atoms with Gasteiger partial charge in [-0.2, -0.15) is 0 Å². The van der Waals surface area contributed by atoms with Gasteiger partial charge in [-0.05, 0) is 36.1 Å². The number of nitrogens with zero attached hydrogens (tertiary/aromatic N) is 1. The molecular weight excluding hydrogens is 364 g/mol. The molecule has 0 radical (unpaired) electrons. The van der Waals surface area contributed by atoms with E-state index in [1.807, 2.05) is 48.2 Å². The molecule has 5 heteroatoms. The minimum atomic E-state index is -0.255. The van der Waals surface area contributed by atoms with Crippen molar-refractivity contribution in [2.45, 2.75) is 46.3 Å². The number of carbonyl (C=O) groups is 1. The fraction of sp³-hybridized carbons (Fsp3) is 0.458. The van der Waals surface area contributed by atoms with E-state index in [2.05, 4.69) is 31.3 Å². The number of nitrogens with one attached hydrogen (secondary N) is 1. The number of carbonyl (C=O) groups excluding carboxylic acids is 1.